The average molecular weight is 359 g/mol. The van der Waals surface area contributed by atoms with Gasteiger partial charge in [-0.2, -0.15) is 0 Å². The van der Waals surface area contributed by atoms with Gasteiger partial charge in [-0.1, -0.05) is 18.1 Å². The number of ether oxygens (including phenoxy) is 1. The molecule has 0 aromatic carbocycles. The largest absolute Gasteiger partial charge is 0.371 e. The molecule has 2 aliphatic rings. The van der Waals surface area contributed by atoms with E-state index in [0.717, 1.165) is 31.0 Å². The lowest BCUT2D eigenvalue weighted by molar-refractivity contribution is 0.0244. The number of pyridine rings is 1. The molecule has 132 valence electrons. The Hall–Kier alpha value is -1.86. The molecule has 1 amide bonds. The number of likely N-dealkylation sites (tertiary alicyclic amines) is 1. The van der Waals surface area contributed by atoms with Crippen molar-refractivity contribution in [1.29, 1.82) is 0 Å². The number of nitrogens with zero attached hydrogens (tertiary/aromatic N) is 3. The Labute approximate surface area is 150 Å². The number of thioether (sulfide) groups is 1. The van der Waals surface area contributed by atoms with Crippen molar-refractivity contribution in [3.63, 3.8) is 0 Å². The van der Waals surface area contributed by atoms with Crippen molar-refractivity contribution < 1.29 is 14.1 Å². The van der Waals surface area contributed by atoms with Gasteiger partial charge in [-0.15, -0.1) is 11.8 Å². The molecule has 2 saturated heterocycles. The predicted molar refractivity (Wildman–Crippen MR) is 94.4 cm³/mol. The number of rotatable bonds is 5. The van der Waals surface area contributed by atoms with E-state index in [4.69, 9.17) is 9.26 Å². The monoisotopic (exact) mass is 359 g/mol. The summed E-state index contributed by atoms with van der Waals surface area (Å²) in [5.41, 5.74) is 1.56. The molecule has 2 aromatic heterocycles. The molecular weight excluding hydrogens is 338 g/mol. The third-order valence-corrected chi connectivity index (χ3v) is 6.39. The van der Waals surface area contributed by atoms with Gasteiger partial charge in [-0.05, 0) is 18.6 Å². The SMILES string of the molecule is CCc1oncc1C(=O)N1CC2(C[C@@H](OCc3ccccn3)CS2)C1. The molecule has 25 heavy (non-hydrogen) atoms. The third kappa shape index (κ3) is 3.30. The fraction of sp³-hybridized carbons (Fsp3) is 0.500. The number of aryl methyl sites for hydroxylation is 1. The van der Waals surface area contributed by atoms with Gasteiger partial charge in [-0.25, -0.2) is 0 Å². The Kier molecular flexibility index (Phi) is 4.52. The van der Waals surface area contributed by atoms with Gasteiger partial charge in [0.1, 0.15) is 11.3 Å². The molecule has 0 radical (unpaired) electrons. The van der Waals surface area contributed by atoms with Crippen LogP contribution in [0, 0.1) is 0 Å². The standard InChI is InChI=1S/C18H21N3O3S/c1-2-16-15(8-20-24-16)17(22)21-11-18(12-21)7-14(10-25-18)23-9-13-5-3-4-6-19-13/h3-6,8,14H,2,7,9-12H2,1H3/t14-/m1/s1. The average Bonchev–Trinajstić information content (AvgIpc) is 3.26. The van der Waals surface area contributed by atoms with Crippen molar-refractivity contribution in [3.05, 3.63) is 47.6 Å². The molecule has 2 aliphatic heterocycles. The summed E-state index contributed by atoms with van der Waals surface area (Å²) in [6.07, 6.45) is 5.21. The first kappa shape index (κ1) is 16.6. The number of amides is 1. The highest BCUT2D eigenvalue weighted by molar-refractivity contribution is 8.01. The molecule has 2 fully saturated rings. The number of carbonyl (C=O) groups is 1. The maximum absolute atomic E-state index is 12.6. The zero-order valence-electron chi connectivity index (χ0n) is 14.2. The van der Waals surface area contributed by atoms with Gasteiger partial charge in [0.05, 0.1) is 29.3 Å². The normalized spacial score (nSPS) is 21.5. The molecule has 4 heterocycles. The quantitative estimate of drug-likeness (QED) is 0.817. The Bertz CT molecular complexity index is 743. The van der Waals surface area contributed by atoms with Crippen molar-refractivity contribution >= 4 is 17.7 Å². The van der Waals surface area contributed by atoms with Gasteiger partial charge in [0, 0.05) is 31.5 Å². The highest BCUT2D eigenvalue weighted by atomic mass is 32.2. The van der Waals surface area contributed by atoms with Crippen LogP contribution < -0.4 is 0 Å². The van der Waals surface area contributed by atoms with Crippen molar-refractivity contribution in [2.24, 2.45) is 0 Å². The van der Waals surface area contributed by atoms with Crippen LogP contribution in [-0.2, 0) is 17.8 Å². The first-order valence-electron chi connectivity index (χ1n) is 8.57. The summed E-state index contributed by atoms with van der Waals surface area (Å²) in [4.78, 5) is 18.8. The Balaban J connectivity index is 1.29. The van der Waals surface area contributed by atoms with Gasteiger partial charge in [0.2, 0.25) is 0 Å². The molecule has 4 rings (SSSR count). The van der Waals surface area contributed by atoms with Crippen LogP contribution in [-0.4, -0.2) is 50.6 Å². The van der Waals surface area contributed by atoms with E-state index in [1.54, 1.807) is 6.20 Å². The van der Waals surface area contributed by atoms with Crippen LogP contribution >= 0.6 is 11.8 Å². The second-order valence-electron chi connectivity index (χ2n) is 6.63. The van der Waals surface area contributed by atoms with E-state index in [0.29, 0.717) is 24.4 Å². The van der Waals surface area contributed by atoms with E-state index in [1.165, 1.54) is 6.20 Å². The second kappa shape index (κ2) is 6.80. The smallest absolute Gasteiger partial charge is 0.259 e. The summed E-state index contributed by atoms with van der Waals surface area (Å²) in [6.45, 7) is 4.05. The zero-order chi connectivity index (χ0) is 17.3. The van der Waals surface area contributed by atoms with E-state index < -0.39 is 0 Å². The second-order valence-corrected chi connectivity index (χ2v) is 8.12. The highest BCUT2D eigenvalue weighted by Gasteiger charge is 2.51. The van der Waals surface area contributed by atoms with Crippen LogP contribution in [0.15, 0.2) is 35.1 Å². The van der Waals surface area contributed by atoms with Gasteiger partial charge in [0.25, 0.3) is 5.91 Å². The van der Waals surface area contributed by atoms with E-state index in [2.05, 4.69) is 10.1 Å². The lowest BCUT2D eigenvalue weighted by Crippen LogP contribution is -2.60. The first-order valence-corrected chi connectivity index (χ1v) is 9.56. The highest BCUT2D eigenvalue weighted by Crippen LogP contribution is 2.46. The van der Waals surface area contributed by atoms with Crippen LogP contribution in [0.2, 0.25) is 0 Å². The lowest BCUT2D eigenvalue weighted by atomic mass is 9.92. The molecule has 1 spiro atoms. The minimum absolute atomic E-state index is 0.0298. The summed E-state index contributed by atoms with van der Waals surface area (Å²) < 4.78 is 11.3. The fourth-order valence-electron chi connectivity index (χ4n) is 3.47. The molecule has 0 aliphatic carbocycles. The summed E-state index contributed by atoms with van der Waals surface area (Å²) >= 11 is 1.92. The molecule has 2 aromatic rings. The van der Waals surface area contributed by atoms with Crippen molar-refractivity contribution in [1.82, 2.24) is 15.0 Å². The topological polar surface area (TPSA) is 68.5 Å². The summed E-state index contributed by atoms with van der Waals surface area (Å²) in [5, 5.41) is 3.76. The van der Waals surface area contributed by atoms with Crippen molar-refractivity contribution in [2.75, 3.05) is 18.8 Å². The van der Waals surface area contributed by atoms with Gasteiger partial charge in [-0.3, -0.25) is 9.78 Å². The zero-order valence-corrected chi connectivity index (χ0v) is 15.0. The van der Waals surface area contributed by atoms with Crippen LogP contribution in [0.5, 0.6) is 0 Å². The molecule has 7 heteroatoms. The van der Waals surface area contributed by atoms with E-state index in [9.17, 15) is 4.79 Å². The molecule has 0 saturated carbocycles. The number of carbonyl (C=O) groups excluding carboxylic acids is 1. The van der Waals surface area contributed by atoms with Crippen LogP contribution in [0.1, 0.15) is 35.2 Å². The molecular formula is C18H21N3O3S. The van der Waals surface area contributed by atoms with E-state index in [-0.39, 0.29) is 16.8 Å². The molecule has 6 nitrogen and oxygen atoms in total. The number of hydrogen-bond acceptors (Lipinski definition) is 6. The van der Waals surface area contributed by atoms with Gasteiger partial charge >= 0.3 is 0 Å². The Morgan fingerprint density at radius 2 is 2.36 bits per heavy atom. The Morgan fingerprint density at radius 1 is 1.48 bits per heavy atom. The van der Waals surface area contributed by atoms with Gasteiger partial charge in [0.15, 0.2) is 0 Å². The number of hydrogen-bond donors (Lipinski definition) is 0. The predicted octanol–water partition coefficient (Wildman–Crippen LogP) is 2.55. The van der Waals surface area contributed by atoms with Crippen LogP contribution in [0.4, 0.5) is 0 Å². The molecule has 0 bridgehead atoms. The maximum atomic E-state index is 12.6. The summed E-state index contributed by atoms with van der Waals surface area (Å²) in [5.74, 6) is 1.67. The Morgan fingerprint density at radius 3 is 3.12 bits per heavy atom. The molecule has 0 unspecified atom stereocenters. The van der Waals surface area contributed by atoms with E-state index >= 15 is 0 Å². The third-order valence-electron chi connectivity index (χ3n) is 4.81. The van der Waals surface area contributed by atoms with Crippen LogP contribution in [0.3, 0.4) is 0 Å². The minimum atomic E-state index is 0.0298. The number of aromatic nitrogens is 2. The van der Waals surface area contributed by atoms with Gasteiger partial charge < -0.3 is 14.2 Å². The minimum Gasteiger partial charge on any atom is -0.371 e. The van der Waals surface area contributed by atoms with Crippen LogP contribution in [0.25, 0.3) is 0 Å². The summed E-state index contributed by atoms with van der Waals surface area (Å²) in [7, 11) is 0. The first-order chi connectivity index (χ1) is 12.2. The maximum Gasteiger partial charge on any atom is 0.259 e. The lowest BCUT2D eigenvalue weighted by Gasteiger charge is -2.47. The molecule has 0 N–H and O–H groups in total. The van der Waals surface area contributed by atoms with Crippen molar-refractivity contribution in [2.45, 2.75) is 37.2 Å². The van der Waals surface area contributed by atoms with Crippen molar-refractivity contribution in [3.8, 4) is 0 Å². The summed E-state index contributed by atoms with van der Waals surface area (Å²) in [6, 6.07) is 5.86. The molecule has 1 atom stereocenters. The fourth-order valence-corrected chi connectivity index (χ4v) is 5.02. The van der Waals surface area contributed by atoms with E-state index in [1.807, 2.05) is 41.8 Å².